The first kappa shape index (κ1) is 32.7. The molecule has 0 N–H and O–H groups in total. The van der Waals surface area contributed by atoms with Gasteiger partial charge in [-0.15, -0.1) is 0 Å². The molecule has 0 amide bonds. The van der Waals surface area contributed by atoms with Crippen molar-refractivity contribution >= 4 is 31.6 Å². The summed E-state index contributed by atoms with van der Waals surface area (Å²) >= 11 is 4.24. The fourth-order valence-electron chi connectivity index (χ4n) is 11.0. The normalized spacial score (nSPS) is 38.4. The molecule has 0 bridgehead atoms. The summed E-state index contributed by atoms with van der Waals surface area (Å²) in [7, 11) is 3.36. The Bertz CT molecular complexity index is 864. The minimum absolute atomic E-state index is 0.800. The number of rotatable bonds is 14. The lowest BCUT2D eigenvalue weighted by molar-refractivity contribution is 0.00252. The average Bonchev–Trinajstić information content (AvgIpc) is 3.58. The van der Waals surface area contributed by atoms with Crippen LogP contribution < -0.4 is 0 Å². The largest absolute Gasteiger partial charge is 0.306 e. The second-order valence-electron chi connectivity index (χ2n) is 15.3. The third-order valence-electron chi connectivity index (χ3n) is 13.0. The minimum atomic E-state index is -1.45. The van der Waals surface area contributed by atoms with E-state index < -0.39 is 8.07 Å². The Morgan fingerprint density at radius 3 is 2.00 bits per heavy atom. The van der Waals surface area contributed by atoms with E-state index in [9.17, 15) is 0 Å². The molecule has 10 atom stereocenters. The Balaban J connectivity index is 1.28. The molecule has 0 saturated heterocycles. The van der Waals surface area contributed by atoms with Crippen LogP contribution in [0.15, 0.2) is 24.3 Å². The summed E-state index contributed by atoms with van der Waals surface area (Å²) in [4.78, 5) is 5.48. The van der Waals surface area contributed by atoms with E-state index in [1.165, 1.54) is 81.2 Å². The Kier molecular flexibility index (Phi) is 12.0. The average molecular weight is 617 g/mol. The lowest BCUT2D eigenvalue weighted by Gasteiger charge is -2.53. The van der Waals surface area contributed by atoms with Crippen molar-refractivity contribution in [3.63, 3.8) is 0 Å². The van der Waals surface area contributed by atoms with Gasteiger partial charge in [0.2, 0.25) is 0 Å². The van der Waals surface area contributed by atoms with E-state index in [4.69, 9.17) is 0 Å². The van der Waals surface area contributed by atoms with E-state index in [1.54, 1.807) is 19.3 Å². The van der Waals surface area contributed by atoms with Crippen molar-refractivity contribution in [2.45, 2.75) is 102 Å². The highest BCUT2D eigenvalue weighted by atomic mass is 32.2. The molecule has 0 aromatic rings. The second-order valence-corrected chi connectivity index (χ2v) is 23.2. The molecule has 2 nitrogen and oxygen atoms in total. The lowest BCUT2D eigenvalue weighted by Crippen LogP contribution is -2.51. The van der Waals surface area contributed by atoms with Gasteiger partial charge in [0, 0.05) is 30.6 Å². The molecule has 0 radical (unpaired) electrons. The van der Waals surface area contributed by atoms with Crippen molar-refractivity contribution < 1.29 is 0 Å². The summed E-state index contributed by atoms with van der Waals surface area (Å²) in [5, 5.41) is 0. The second kappa shape index (κ2) is 15.1. The van der Waals surface area contributed by atoms with Gasteiger partial charge in [-0.3, -0.25) is 0 Å². The smallest absolute Gasteiger partial charge is 0.0544 e. The van der Waals surface area contributed by atoms with Gasteiger partial charge in [0.1, 0.15) is 0 Å². The molecule has 5 heteroatoms. The van der Waals surface area contributed by atoms with Crippen LogP contribution >= 0.6 is 23.5 Å². The van der Waals surface area contributed by atoms with Gasteiger partial charge in [0.05, 0.1) is 8.07 Å². The van der Waals surface area contributed by atoms with E-state index in [0.717, 1.165) is 58.5 Å². The number of hydrogen-bond acceptors (Lipinski definition) is 4. The highest BCUT2D eigenvalue weighted by Crippen LogP contribution is 2.64. The Morgan fingerprint density at radius 2 is 1.34 bits per heavy atom. The number of thioether (sulfide) groups is 2. The fraction of sp³-hybridized carbons (Fsp3) is 0.889. The van der Waals surface area contributed by atoms with Crippen LogP contribution in [-0.4, -0.2) is 80.7 Å². The predicted molar refractivity (Wildman–Crippen MR) is 189 cm³/mol. The molecule has 10 unspecified atom stereocenters. The molecule has 41 heavy (non-hydrogen) atoms. The van der Waals surface area contributed by atoms with Crippen LogP contribution in [0.5, 0.6) is 0 Å². The molecule has 0 heterocycles. The molecule has 0 spiro atoms. The lowest BCUT2D eigenvalue weighted by atomic mass is 9.60. The molecule has 4 fully saturated rings. The van der Waals surface area contributed by atoms with E-state index in [1.807, 2.05) is 0 Å². The molecule has 5 aliphatic carbocycles. The molecule has 0 aromatic carbocycles. The summed E-state index contributed by atoms with van der Waals surface area (Å²) in [6.07, 6.45) is 23.8. The van der Waals surface area contributed by atoms with Crippen LogP contribution in [0.4, 0.5) is 0 Å². The van der Waals surface area contributed by atoms with Crippen LogP contribution in [0.2, 0.25) is 24.2 Å². The Morgan fingerprint density at radius 1 is 0.707 bits per heavy atom. The van der Waals surface area contributed by atoms with Crippen molar-refractivity contribution in [2.75, 3.05) is 56.7 Å². The van der Waals surface area contributed by atoms with Gasteiger partial charge in [-0.1, -0.05) is 70.5 Å². The van der Waals surface area contributed by atoms with Crippen LogP contribution in [0.3, 0.4) is 0 Å². The summed E-state index contributed by atoms with van der Waals surface area (Å²) in [6, 6.07) is 0.844. The maximum absolute atomic E-state index is 2.88. The molecular weight excluding hydrogens is 553 g/mol. The molecule has 4 saturated carbocycles. The summed E-state index contributed by atoms with van der Waals surface area (Å²) in [5.41, 5.74) is 2.03. The molecule has 5 rings (SSSR count). The highest BCUT2D eigenvalue weighted by molar-refractivity contribution is 7.99. The standard InChI is InChI=1S/C36H64N2S2Si/c1-7-39-23-21-38(22-24-40-8-2)20-19-27-25-36(32-16-12-9-13-28(27)32)41(5,6)35-18-17-30-29-14-10-11-15-31(29)34(37(3)4)26-33(30)35/h9,12-13,16,27-36H,7-8,10-11,14-15,17-26H2,1-6H3. The quantitative estimate of drug-likeness (QED) is 0.142. The van der Waals surface area contributed by atoms with Gasteiger partial charge in [-0.2, -0.15) is 23.5 Å². The van der Waals surface area contributed by atoms with Crippen LogP contribution in [0.1, 0.15) is 71.6 Å². The SMILES string of the molecule is CCSCCN(CCSCC)CCC1CC([Si](C)(C)C2CCC3C4CCCCC4C(N(C)C)CC32)C2C=CC=CC12. The third kappa shape index (κ3) is 7.26. The van der Waals surface area contributed by atoms with Gasteiger partial charge in [0.25, 0.3) is 0 Å². The summed E-state index contributed by atoms with van der Waals surface area (Å²) in [5.74, 6) is 11.7. The van der Waals surface area contributed by atoms with Crippen LogP contribution in [-0.2, 0) is 0 Å². The highest BCUT2D eigenvalue weighted by Gasteiger charge is 2.58. The van der Waals surface area contributed by atoms with Gasteiger partial charge < -0.3 is 9.80 Å². The fourth-order valence-corrected chi connectivity index (χ4v) is 17.6. The molecular formula is C36H64N2S2Si. The van der Waals surface area contributed by atoms with E-state index >= 15 is 0 Å². The summed E-state index contributed by atoms with van der Waals surface area (Å²) < 4.78 is 0. The third-order valence-corrected chi connectivity index (χ3v) is 19.9. The van der Waals surface area contributed by atoms with Crippen LogP contribution in [0, 0.1) is 41.4 Å². The van der Waals surface area contributed by atoms with E-state index in [2.05, 4.69) is 98.7 Å². The van der Waals surface area contributed by atoms with Crippen molar-refractivity contribution in [1.29, 1.82) is 0 Å². The molecule has 234 valence electrons. The van der Waals surface area contributed by atoms with E-state index in [0.29, 0.717) is 0 Å². The van der Waals surface area contributed by atoms with Crippen LogP contribution in [0.25, 0.3) is 0 Å². The first-order chi connectivity index (χ1) is 19.9. The minimum Gasteiger partial charge on any atom is -0.306 e. The van der Waals surface area contributed by atoms with Crippen molar-refractivity contribution in [2.24, 2.45) is 41.4 Å². The Labute approximate surface area is 264 Å². The zero-order chi connectivity index (χ0) is 29.0. The van der Waals surface area contributed by atoms with Crippen molar-refractivity contribution in [3.05, 3.63) is 24.3 Å². The van der Waals surface area contributed by atoms with Gasteiger partial charge in [0.15, 0.2) is 0 Å². The first-order valence-electron chi connectivity index (χ1n) is 17.8. The molecule has 5 aliphatic rings. The zero-order valence-corrected chi connectivity index (χ0v) is 30.2. The zero-order valence-electron chi connectivity index (χ0n) is 27.6. The number of allylic oxidation sites excluding steroid dienone is 4. The Hall–Kier alpha value is 0.317. The van der Waals surface area contributed by atoms with Crippen molar-refractivity contribution in [1.82, 2.24) is 9.80 Å². The predicted octanol–water partition coefficient (Wildman–Crippen LogP) is 9.18. The number of nitrogens with zero attached hydrogens (tertiary/aromatic N) is 2. The van der Waals surface area contributed by atoms with Gasteiger partial charge in [-0.05, 0) is 123 Å². The monoisotopic (exact) mass is 616 g/mol. The number of hydrogen-bond donors (Lipinski definition) is 0. The van der Waals surface area contributed by atoms with Crippen molar-refractivity contribution in [3.8, 4) is 0 Å². The first-order valence-corrected chi connectivity index (χ1v) is 23.2. The van der Waals surface area contributed by atoms with E-state index in [-0.39, 0.29) is 0 Å². The van der Waals surface area contributed by atoms with Gasteiger partial charge >= 0.3 is 0 Å². The number of fused-ring (bicyclic) bond motifs is 4. The van der Waals surface area contributed by atoms with Gasteiger partial charge in [-0.25, -0.2) is 0 Å². The maximum atomic E-state index is 2.88. The topological polar surface area (TPSA) is 6.48 Å². The molecule has 0 aromatic heterocycles. The maximum Gasteiger partial charge on any atom is 0.0544 e. The summed E-state index contributed by atoms with van der Waals surface area (Å²) in [6.45, 7) is 14.3. The molecule has 0 aliphatic heterocycles.